The van der Waals surface area contributed by atoms with Gasteiger partial charge in [-0.25, -0.2) is 4.79 Å². The van der Waals surface area contributed by atoms with Crippen molar-refractivity contribution in [2.24, 2.45) is 0 Å². The van der Waals surface area contributed by atoms with Crippen LogP contribution in [0.15, 0.2) is 21.9 Å². The summed E-state index contributed by atoms with van der Waals surface area (Å²) in [4.78, 5) is 36.3. The molecule has 9 nitrogen and oxygen atoms in total. The van der Waals surface area contributed by atoms with E-state index in [4.69, 9.17) is 9.84 Å². The lowest BCUT2D eigenvalue weighted by Crippen LogP contribution is -2.36. The third-order valence-corrected chi connectivity index (χ3v) is 3.63. The zero-order chi connectivity index (χ0) is 19.5. The Morgan fingerprint density at radius 3 is 2.73 bits per heavy atom. The lowest BCUT2D eigenvalue weighted by Gasteiger charge is -2.14. The first-order valence-corrected chi connectivity index (χ1v) is 7.45. The second kappa shape index (κ2) is 7.85. The van der Waals surface area contributed by atoms with Crippen LogP contribution < -0.4 is 16.6 Å². The monoisotopic (exact) mass is 379 g/mol. The molecule has 12 heteroatoms. The summed E-state index contributed by atoms with van der Waals surface area (Å²) in [7, 11) is 0. The largest absolute Gasteiger partial charge is 0.471 e. The first-order chi connectivity index (χ1) is 12.1. The van der Waals surface area contributed by atoms with Gasteiger partial charge in [-0.2, -0.15) is 13.2 Å². The molecule has 1 amide bonds. The zero-order valence-corrected chi connectivity index (χ0v) is 13.2. The predicted octanol–water partition coefficient (Wildman–Crippen LogP) is -1.13. The Labute approximate surface area is 143 Å². The first kappa shape index (κ1) is 19.9. The Hall–Kier alpha value is -2.44. The molecular weight excluding hydrogens is 363 g/mol. The van der Waals surface area contributed by atoms with Crippen LogP contribution in [0.2, 0.25) is 0 Å². The molecule has 0 bridgehead atoms. The predicted molar refractivity (Wildman–Crippen MR) is 81.0 cm³/mol. The number of carbonyl (C=O) groups is 1. The van der Waals surface area contributed by atoms with Crippen molar-refractivity contribution in [2.45, 2.75) is 31.0 Å². The molecule has 1 saturated heterocycles. The highest BCUT2D eigenvalue weighted by Crippen LogP contribution is 2.27. The number of rotatable bonds is 5. The van der Waals surface area contributed by atoms with E-state index in [1.807, 2.05) is 4.98 Å². The third kappa shape index (κ3) is 4.59. The summed E-state index contributed by atoms with van der Waals surface area (Å²) < 4.78 is 42.4. The van der Waals surface area contributed by atoms with E-state index in [1.54, 1.807) is 5.32 Å². The van der Waals surface area contributed by atoms with Crippen LogP contribution >= 0.6 is 0 Å². The number of amides is 1. The fourth-order valence-corrected chi connectivity index (χ4v) is 2.32. The third-order valence-electron chi connectivity index (χ3n) is 3.63. The number of ether oxygens (including phenoxy) is 1. The van der Waals surface area contributed by atoms with Crippen LogP contribution in [0.4, 0.5) is 13.2 Å². The van der Waals surface area contributed by atoms with Gasteiger partial charge in [0, 0.05) is 19.2 Å². The van der Waals surface area contributed by atoms with Gasteiger partial charge in [0.25, 0.3) is 5.56 Å². The first-order valence-electron chi connectivity index (χ1n) is 7.45. The molecule has 1 aromatic rings. The van der Waals surface area contributed by atoms with Gasteiger partial charge < -0.3 is 20.3 Å². The summed E-state index contributed by atoms with van der Waals surface area (Å²) in [5.41, 5.74) is -1.67. The molecule has 26 heavy (non-hydrogen) atoms. The molecule has 2 rings (SSSR count). The van der Waals surface area contributed by atoms with Gasteiger partial charge in [-0.05, 0) is 0 Å². The van der Waals surface area contributed by atoms with Gasteiger partial charge in [0.15, 0.2) is 0 Å². The van der Waals surface area contributed by atoms with E-state index >= 15 is 0 Å². The Morgan fingerprint density at radius 1 is 1.46 bits per heavy atom. The van der Waals surface area contributed by atoms with Crippen LogP contribution in [0.1, 0.15) is 18.2 Å². The molecule has 1 aliphatic rings. The maximum absolute atomic E-state index is 12.0. The smallest absolute Gasteiger partial charge is 0.394 e. The van der Waals surface area contributed by atoms with Gasteiger partial charge in [-0.1, -0.05) is 12.2 Å². The Bertz CT molecular complexity index is 800. The van der Waals surface area contributed by atoms with E-state index in [-0.39, 0.29) is 12.0 Å². The summed E-state index contributed by atoms with van der Waals surface area (Å²) in [6.07, 6.45) is -4.48. The van der Waals surface area contributed by atoms with Gasteiger partial charge in [0.1, 0.15) is 12.3 Å². The Balaban J connectivity index is 2.13. The maximum atomic E-state index is 12.0. The van der Waals surface area contributed by atoms with Gasteiger partial charge in [-0.15, -0.1) is 0 Å². The second-order valence-electron chi connectivity index (χ2n) is 5.48. The van der Waals surface area contributed by atoms with Crippen molar-refractivity contribution in [3.63, 3.8) is 0 Å². The number of hydrogen-bond acceptors (Lipinski definition) is 6. The van der Waals surface area contributed by atoms with E-state index < -0.39 is 54.9 Å². The van der Waals surface area contributed by atoms with E-state index in [1.165, 1.54) is 0 Å². The fourth-order valence-electron chi connectivity index (χ4n) is 2.32. The van der Waals surface area contributed by atoms with E-state index in [0.717, 1.165) is 22.9 Å². The van der Waals surface area contributed by atoms with Crippen molar-refractivity contribution < 1.29 is 32.9 Å². The summed E-state index contributed by atoms with van der Waals surface area (Å²) in [6, 6.07) is 0. The number of alkyl halides is 3. The number of aliphatic hydroxyl groups excluding tert-OH is 2. The average molecular weight is 379 g/mol. The Morgan fingerprint density at radius 2 is 2.15 bits per heavy atom. The van der Waals surface area contributed by atoms with Crippen molar-refractivity contribution in [3.05, 3.63) is 38.7 Å². The average Bonchev–Trinajstić information content (AvgIpc) is 2.92. The quantitative estimate of drug-likeness (QED) is 0.512. The van der Waals surface area contributed by atoms with E-state index in [9.17, 15) is 32.7 Å². The van der Waals surface area contributed by atoms with E-state index in [2.05, 4.69) is 0 Å². The number of aliphatic hydroxyl groups is 2. The molecule has 144 valence electrons. The standard InChI is InChI=1S/C14H16F3N3O6/c15-14(16,17)12(24)18-3-1-2-7-5-20(13(25)19-11(7)23)10-4-8(22)9(6-21)26-10/h1-2,5,8-10,21-22H,3-4,6H2,(H,18,24)(H,19,23,25)/t8-,9+,10+/m0/s1. The molecule has 4 N–H and O–H groups in total. The SMILES string of the molecule is O=C(NCC=Cc1cn([C@H]2C[C@H](O)[C@@H](CO)O2)c(=O)[nH]c1=O)C(F)(F)F. The number of H-pyrrole nitrogens is 1. The molecule has 0 unspecified atom stereocenters. The Kier molecular flexibility index (Phi) is 6.00. The van der Waals surface area contributed by atoms with Crippen LogP contribution in [-0.4, -0.2) is 57.2 Å². The summed E-state index contributed by atoms with van der Waals surface area (Å²) in [6.45, 7) is -0.941. The normalized spacial score (nSPS) is 23.5. The van der Waals surface area contributed by atoms with Crippen molar-refractivity contribution in [3.8, 4) is 0 Å². The summed E-state index contributed by atoms with van der Waals surface area (Å²) in [5.74, 6) is -2.12. The van der Waals surface area contributed by atoms with Crippen LogP contribution in [0.3, 0.4) is 0 Å². The fraction of sp³-hybridized carbons (Fsp3) is 0.500. The van der Waals surface area contributed by atoms with Crippen LogP contribution in [0, 0.1) is 0 Å². The van der Waals surface area contributed by atoms with Gasteiger partial charge in [0.2, 0.25) is 0 Å². The molecule has 1 aromatic heterocycles. The molecule has 0 radical (unpaired) electrons. The molecule has 3 atom stereocenters. The molecule has 1 aliphatic heterocycles. The highest BCUT2D eigenvalue weighted by atomic mass is 19.4. The van der Waals surface area contributed by atoms with Crippen molar-refractivity contribution in [2.75, 3.05) is 13.2 Å². The van der Waals surface area contributed by atoms with Crippen LogP contribution in [0.5, 0.6) is 0 Å². The number of halogens is 3. The molecular formula is C14H16F3N3O6. The lowest BCUT2D eigenvalue weighted by atomic mass is 10.2. The number of carbonyl (C=O) groups excluding carboxylic acids is 1. The maximum Gasteiger partial charge on any atom is 0.471 e. The number of nitrogens with zero attached hydrogens (tertiary/aromatic N) is 1. The van der Waals surface area contributed by atoms with Gasteiger partial charge in [0.05, 0.1) is 18.3 Å². The van der Waals surface area contributed by atoms with E-state index in [0.29, 0.717) is 0 Å². The molecule has 0 aromatic carbocycles. The van der Waals surface area contributed by atoms with Gasteiger partial charge >= 0.3 is 17.8 Å². The van der Waals surface area contributed by atoms with Crippen LogP contribution in [0.25, 0.3) is 6.08 Å². The minimum absolute atomic E-state index is 0.00196. The number of hydrogen-bond donors (Lipinski definition) is 4. The summed E-state index contributed by atoms with van der Waals surface area (Å²) >= 11 is 0. The topological polar surface area (TPSA) is 134 Å². The molecule has 1 fully saturated rings. The molecule has 0 spiro atoms. The zero-order valence-electron chi connectivity index (χ0n) is 13.2. The minimum Gasteiger partial charge on any atom is -0.394 e. The number of aromatic nitrogens is 2. The highest BCUT2D eigenvalue weighted by molar-refractivity contribution is 5.81. The highest BCUT2D eigenvalue weighted by Gasteiger charge is 2.38. The second-order valence-corrected chi connectivity index (χ2v) is 5.48. The van der Waals surface area contributed by atoms with Crippen molar-refractivity contribution >= 4 is 12.0 Å². The number of nitrogens with one attached hydrogen (secondary N) is 2. The van der Waals surface area contributed by atoms with Crippen molar-refractivity contribution in [1.29, 1.82) is 0 Å². The molecule has 0 aliphatic carbocycles. The lowest BCUT2D eigenvalue weighted by molar-refractivity contribution is -0.173. The van der Waals surface area contributed by atoms with Crippen LogP contribution in [-0.2, 0) is 9.53 Å². The molecule has 2 heterocycles. The minimum atomic E-state index is -5.01. The van der Waals surface area contributed by atoms with Crippen molar-refractivity contribution in [1.82, 2.24) is 14.9 Å². The summed E-state index contributed by atoms with van der Waals surface area (Å²) in [5, 5.41) is 20.4. The van der Waals surface area contributed by atoms with Gasteiger partial charge in [-0.3, -0.25) is 19.1 Å². The number of aromatic amines is 1. The molecule has 0 saturated carbocycles.